The molecule has 0 spiro atoms. The number of rotatable bonds is 1. The van der Waals surface area contributed by atoms with Crippen LogP contribution >= 0.6 is 15.9 Å². The van der Waals surface area contributed by atoms with Gasteiger partial charge in [-0.1, -0.05) is 13.0 Å². The molecule has 0 aliphatic carbocycles. The van der Waals surface area contributed by atoms with Crippen molar-refractivity contribution in [3.05, 3.63) is 28.0 Å². The molecule has 10 heavy (non-hydrogen) atoms. The van der Waals surface area contributed by atoms with E-state index in [0.717, 1.165) is 16.7 Å². The van der Waals surface area contributed by atoms with Crippen molar-refractivity contribution in [2.45, 2.75) is 20.3 Å². The topological polar surface area (TPSA) is 12.9 Å². The molecule has 1 aromatic rings. The van der Waals surface area contributed by atoms with Gasteiger partial charge in [-0.05, 0) is 40.9 Å². The van der Waals surface area contributed by atoms with Crippen molar-refractivity contribution in [2.24, 2.45) is 0 Å². The third-order valence-electron chi connectivity index (χ3n) is 1.46. The van der Waals surface area contributed by atoms with E-state index in [9.17, 15) is 0 Å². The zero-order valence-corrected chi connectivity index (χ0v) is 7.77. The Balaban J connectivity index is 3.04. The maximum atomic E-state index is 4.31. The largest absolute Gasteiger partial charge is 0.246 e. The average molecular weight is 200 g/mol. The molecule has 0 saturated heterocycles. The van der Waals surface area contributed by atoms with Gasteiger partial charge in [0, 0.05) is 5.69 Å². The number of hydrogen-bond donors (Lipinski definition) is 0. The van der Waals surface area contributed by atoms with Crippen molar-refractivity contribution in [1.82, 2.24) is 4.98 Å². The highest BCUT2D eigenvalue weighted by atomic mass is 79.9. The lowest BCUT2D eigenvalue weighted by molar-refractivity contribution is 1.01. The summed E-state index contributed by atoms with van der Waals surface area (Å²) in [6.45, 7) is 4.14. The third-order valence-corrected chi connectivity index (χ3v) is 2.26. The van der Waals surface area contributed by atoms with Gasteiger partial charge in [0.15, 0.2) is 0 Å². The third kappa shape index (κ3) is 1.57. The summed E-state index contributed by atoms with van der Waals surface area (Å²) < 4.78 is 0.965. The molecule has 2 heteroatoms. The van der Waals surface area contributed by atoms with E-state index in [2.05, 4.69) is 40.0 Å². The maximum absolute atomic E-state index is 4.31. The summed E-state index contributed by atoms with van der Waals surface area (Å²) in [6.07, 6.45) is 0.999. The van der Waals surface area contributed by atoms with Crippen LogP contribution in [0.3, 0.4) is 0 Å². The van der Waals surface area contributed by atoms with E-state index in [1.807, 2.05) is 6.92 Å². The van der Waals surface area contributed by atoms with Gasteiger partial charge >= 0.3 is 0 Å². The molecule has 1 rings (SSSR count). The SMILES string of the molecule is CCc1ccc(C)c(Br)n1. The van der Waals surface area contributed by atoms with Crippen LogP contribution in [0.2, 0.25) is 0 Å². The number of aryl methyl sites for hydroxylation is 2. The van der Waals surface area contributed by atoms with E-state index in [1.165, 1.54) is 5.56 Å². The van der Waals surface area contributed by atoms with Gasteiger partial charge in [-0.2, -0.15) is 0 Å². The molecule has 0 atom stereocenters. The highest BCUT2D eigenvalue weighted by molar-refractivity contribution is 9.10. The quantitative estimate of drug-likeness (QED) is 0.635. The average Bonchev–Trinajstić information content (AvgIpc) is 1.95. The van der Waals surface area contributed by atoms with Gasteiger partial charge in [-0.15, -0.1) is 0 Å². The van der Waals surface area contributed by atoms with Gasteiger partial charge in [0.25, 0.3) is 0 Å². The fraction of sp³-hybridized carbons (Fsp3) is 0.375. The Kier molecular flexibility index (Phi) is 2.44. The molecule has 0 aromatic carbocycles. The van der Waals surface area contributed by atoms with Crippen LogP contribution in [0.1, 0.15) is 18.2 Å². The first-order chi connectivity index (χ1) is 4.74. The summed E-state index contributed by atoms with van der Waals surface area (Å²) >= 11 is 3.38. The molecule has 0 unspecified atom stereocenters. The Morgan fingerprint density at radius 2 is 2.20 bits per heavy atom. The van der Waals surface area contributed by atoms with E-state index >= 15 is 0 Å². The molecule has 0 aliphatic rings. The summed E-state index contributed by atoms with van der Waals surface area (Å²) in [4.78, 5) is 4.31. The lowest BCUT2D eigenvalue weighted by Gasteiger charge is -1.98. The van der Waals surface area contributed by atoms with E-state index in [0.29, 0.717) is 0 Å². The van der Waals surface area contributed by atoms with Gasteiger partial charge in [-0.25, -0.2) is 4.98 Å². The highest BCUT2D eigenvalue weighted by Crippen LogP contribution is 2.12. The zero-order valence-electron chi connectivity index (χ0n) is 6.19. The molecule has 0 fully saturated rings. The summed E-state index contributed by atoms with van der Waals surface area (Å²) in [5, 5.41) is 0. The molecular weight excluding hydrogens is 190 g/mol. The first kappa shape index (κ1) is 7.73. The smallest absolute Gasteiger partial charge is 0.109 e. The molecule has 1 heterocycles. The normalized spacial score (nSPS) is 9.90. The Labute approximate surface area is 69.6 Å². The van der Waals surface area contributed by atoms with E-state index in [4.69, 9.17) is 0 Å². The second-order valence-electron chi connectivity index (χ2n) is 2.26. The molecular formula is C8H10BrN. The van der Waals surface area contributed by atoms with Crippen LogP contribution in [0.4, 0.5) is 0 Å². The van der Waals surface area contributed by atoms with Crippen LogP contribution in [0.25, 0.3) is 0 Å². The van der Waals surface area contributed by atoms with Gasteiger partial charge < -0.3 is 0 Å². The molecule has 1 nitrogen and oxygen atoms in total. The van der Waals surface area contributed by atoms with Crippen LogP contribution in [-0.4, -0.2) is 4.98 Å². The Bertz CT molecular complexity index is 233. The van der Waals surface area contributed by atoms with Crippen molar-refractivity contribution < 1.29 is 0 Å². The standard InChI is InChI=1S/C8H10BrN/c1-3-7-5-4-6(2)8(9)10-7/h4-5H,3H2,1-2H3. The van der Waals surface area contributed by atoms with E-state index in [1.54, 1.807) is 0 Å². The second kappa shape index (κ2) is 3.15. The van der Waals surface area contributed by atoms with Gasteiger partial charge in [0.1, 0.15) is 4.60 Å². The Morgan fingerprint density at radius 3 is 2.70 bits per heavy atom. The monoisotopic (exact) mass is 199 g/mol. The van der Waals surface area contributed by atoms with Crippen molar-refractivity contribution in [1.29, 1.82) is 0 Å². The van der Waals surface area contributed by atoms with Crippen LogP contribution in [-0.2, 0) is 6.42 Å². The van der Waals surface area contributed by atoms with Crippen LogP contribution in [0.5, 0.6) is 0 Å². The van der Waals surface area contributed by atoms with Crippen molar-refractivity contribution in [3.8, 4) is 0 Å². The minimum atomic E-state index is 0.965. The minimum absolute atomic E-state index is 0.965. The fourth-order valence-corrected chi connectivity index (χ4v) is 1.10. The summed E-state index contributed by atoms with van der Waals surface area (Å²) in [5.74, 6) is 0. The molecule has 0 amide bonds. The van der Waals surface area contributed by atoms with Gasteiger partial charge in [0.05, 0.1) is 0 Å². The van der Waals surface area contributed by atoms with E-state index in [-0.39, 0.29) is 0 Å². The first-order valence-electron chi connectivity index (χ1n) is 3.36. The lowest BCUT2D eigenvalue weighted by atomic mass is 10.2. The number of halogens is 1. The Morgan fingerprint density at radius 1 is 1.50 bits per heavy atom. The predicted molar refractivity (Wildman–Crippen MR) is 46.1 cm³/mol. The predicted octanol–water partition coefficient (Wildman–Crippen LogP) is 2.71. The molecule has 0 aliphatic heterocycles. The summed E-state index contributed by atoms with van der Waals surface area (Å²) in [7, 11) is 0. The fourth-order valence-electron chi connectivity index (χ4n) is 0.738. The van der Waals surface area contributed by atoms with Gasteiger partial charge in [-0.3, -0.25) is 0 Å². The van der Waals surface area contributed by atoms with Crippen LogP contribution in [0.15, 0.2) is 16.7 Å². The number of nitrogens with zero attached hydrogens (tertiary/aromatic N) is 1. The van der Waals surface area contributed by atoms with Crippen molar-refractivity contribution in [3.63, 3.8) is 0 Å². The summed E-state index contributed by atoms with van der Waals surface area (Å²) in [6, 6.07) is 4.13. The van der Waals surface area contributed by atoms with Crippen molar-refractivity contribution in [2.75, 3.05) is 0 Å². The molecule has 54 valence electrons. The van der Waals surface area contributed by atoms with Gasteiger partial charge in [0.2, 0.25) is 0 Å². The summed E-state index contributed by atoms with van der Waals surface area (Å²) in [5.41, 5.74) is 2.33. The molecule has 1 aromatic heterocycles. The van der Waals surface area contributed by atoms with Crippen LogP contribution < -0.4 is 0 Å². The molecule has 0 N–H and O–H groups in total. The maximum Gasteiger partial charge on any atom is 0.109 e. The second-order valence-corrected chi connectivity index (χ2v) is 3.01. The number of hydrogen-bond acceptors (Lipinski definition) is 1. The Hall–Kier alpha value is -0.370. The van der Waals surface area contributed by atoms with E-state index < -0.39 is 0 Å². The highest BCUT2D eigenvalue weighted by Gasteiger charge is 1.95. The number of aromatic nitrogens is 1. The molecule has 0 bridgehead atoms. The van der Waals surface area contributed by atoms with Crippen molar-refractivity contribution >= 4 is 15.9 Å². The molecule has 0 radical (unpaired) electrons. The molecule has 0 saturated carbocycles. The first-order valence-corrected chi connectivity index (χ1v) is 4.15. The number of pyridine rings is 1. The lowest BCUT2D eigenvalue weighted by Crippen LogP contribution is -1.88. The minimum Gasteiger partial charge on any atom is -0.246 e. The van der Waals surface area contributed by atoms with Crippen LogP contribution in [0, 0.1) is 6.92 Å². The zero-order chi connectivity index (χ0) is 7.56.